The van der Waals surface area contributed by atoms with Gasteiger partial charge in [-0.3, -0.25) is 0 Å². The van der Waals surface area contributed by atoms with E-state index in [-0.39, 0.29) is 0 Å². The number of rotatable bonds is 5. The first kappa shape index (κ1) is 12.3. The van der Waals surface area contributed by atoms with Gasteiger partial charge in [-0.25, -0.2) is 4.79 Å². The minimum atomic E-state index is -0.877. The summed E-state index contributed by atoms with van der Waals surface area (Å²) in [5.74, 6) is -0.184. The Labute approximate surface area is 98.2 Å². The van der Waals surface area contributed by atoms with Crippen LogP contribution in [0.15, 0.2) is 16.9 Å². The minimum absolute atomic E-state index is 0.339. The summed E-state index contributed by atoms with van der Waals surface area (Å²) in [6, 6.07) is 1.64. The monoisotopic (exact) mass is 273 g/mol. The lowest BCUT2D eigenvalue weighted by Crippen LogP contribution is -1.99. The Hall–Kier alpha value is -0.770. The molecule has 0 amide bonds. The summed E-state index contributed by atoms with van der Waals surface area (Å²) in [6.45, 7) is 5.24. The van der Waals surface area contributed by atoms with Gasteiger partial charge in [-0.2, -0.15) is 0 Å². The van der Waals surface area contributed by atoms with Crippen LogP contribution in [0.25, 0.3) is 0 Å². The van der Waals surface area contributed by atoms with Gasteiger partial charge in [0, 0.05) is 12.7 Å². The average molecular weight is 274 g/mol. The fraction of sp³-hybridized carbons (Fsp3) is 0.545. The fourth-order valence-electron chi connectivity index (χ4n) is 1.44. The third-order valence-electron chi connectivity index (χ3n) is 2.27. The van der Waals surface area contributed by atoms with Crippen LogP contribution in [0.4, 0.5) is 0 Å². The second-order valence-electron chi connectivity index (χ2n) is 4.09. The minimum Gasteiger partial charge on any atom is -0.478 e. The van der Waals surface area contributed by atoms with Gasteiger partial charge >= 0.3 is 5.97 Å². The highest BCUT2D eigenvalue weighted by Crippen LogP contribution is 2.17. The lowest BCUT2D eigenvalue weighted by molar-refractivity contribution is 0.0697. The second kappa shape index (κ2) is 5.35. The second-order valence-corrected chi connectivity index (χ2v) is 4.90. The number of halogens is 1. The summed E-state index contributed by atoms with van der Waals surface area (Å²) in [4.78, 5) is 10.7. The third kappa shape index (κ3) is 3.70. The molecule has 0 aliphatic carbocycles. The summed E-state index contributed by atoms with van der Waals surface area (Å²) in [5, 5.41) is 8.80. The summed E-state index contributed by atoms with van der Waals surface area (Å²) in [5.41, 5.74) is 0.339. The van der Waals surface area contributed by atoms with Crippen LogP contribution in [0, 0.1) is 5.92 Å². The molecule has 1 rings (SSSR count). The van der Waals surface area contributed by atoms with Gasteiger partial charge in [-0.05, 0) is 40.8 Å². The van der Waals surface area contributed by atoms with Crippen LogP contribution in [0.5, 0.6) is 0 Å². The highest BCUT2D eigenvalue weighted by Gasteiger charge is 2.08. The molecule has 0 bridgehead atoms. The van der Waals surface area contributed by atoms with Crippen molar-refractivity contribution >= 4 is 21.9 Å². The van der Waals surface area contributed by atoms with E-state index in [1.165, 1.54) is 0 Å². The molecule has 1 N–H and O–H groups in total. The zero-order valence-corrected chi connectivity index (χ0v) is 10.6. The number of nitrogens with zero attached hydrogens (tertiary/aromatic N) is 1. The zero-order chi connectivity index (χ0) is 11.4. The van der Waals surface area contributed by atoms with Crippen LogP contribution in [-0.2, 0) is 6.54 Å². The van der Waals surface area contributed by atoms with Gasteiger partial charge in [-0.1, -0.05) is 13.8 Å². The van der Waals surface area contributed by atoms with Gasteiger partial charge in [0.1, 0.15) is 0 Å². The smallest absolute Gasteiger partial charge is 0.337 e. The first-order chi connectivity index (χ1) is 7.00. The molecule has 0 spiro atoms. The van der Waals surface area contributed by atoms with E-state index >= 15 is 0 Å². The molecule has 0 aliphatic rings. The molecule has 0 saturated carbocycles. The Morgan fingerprint density at radius 1 is 1.60 bits per heavy atom. The fourth-order valence-corrected chi connectivity index (χ4v) is 1.96. The van der Waals surface area contributed by atoms with Crippen molar-refractivity contribution in [3.05, 3.63) is 22.4 Å². The Balaban J connectivity index is 2.57. The Kier molecular flexibility index (Phi) is 4.39. The first-order valence-electron chi connectivity index (χ1n) is 5.09. The van der Waals surface area contributed by atoms with Crippen molar-refractivity contribution in [2.24, 2.45) is 5.92 Å². The zero-order valence-electron chi connectivity index (χ0n) is 9.03. The normalized spacial score (nSPS) is 10.9. The number of hydrogen-bond acceptors (Lipinski definition) is 1. The molecule has 84 valence electrons. The molecule has 1 aromatic heterocycles. The predicted molar refractivity (Wildman–Crippen MR) is 63.2 cm³/mol. The van der Waals surface area contributed by atoms with Crippen LogP contribution >= 0.6 is 15.9 Å². The standard InChI is InChI=1S/C11H16BrNO2/c1-8(2)4-3-5-13-7-9(11(14)15)6-10(13)12/h6-8H,3-5H2,1-2H3,(H,14,15). The third-order valence-corrected chi connectivity index (χ3v) is 2.96. The Morgan fingerprint density at radius 3 is 2.73 bits per heavy atom. The molecular formula is C11H16BrNO2. The molecule has 1 aromatic rings. The molecule has 4 heteroatoms. The maximum atomic E-state index is 10.7. The number of carboxylic acid groups (broad SMARTS) is 1. The van der Waals surface area contributed by atoms with Gasteiger partial charge in [-0.15, -0.1) is 0 Å². The van der Waals surface area contributed by atoms with E-state index in [9.17, 15) is 4.79 Å². The Morgan fingerprint density at radius 2 is 2.27 bits per heavy atom. The highest BCUT2D eigenvalue weighted by molar-refractivity contribution is 9.10. The van der Waals surface area contributed by atoms with Crippen LogP contribution in [0.3, 0.4) is 0 Å². The number of aromatic nitrogens is 1. The molecule has 3 nitrogen and oxygen atoms in total. The van der Waals surface area contributed by atoms with E-state index in [1.54, 1.807) is 12.3 Å². The lowest BCUT2D eigenvalue weighted by Gasteiger charge is -2.06. The number of carbonyl (C=O) groups is 1. The summed E-state index contributed by atoms with van der Waals surface area (Å²) < 4.78 is 2.77. The van der Waals surface area contributed by atoms with Crippen molar-refractivity contribution in [3.8, 4) is 0 Å². The van der Waals surface area contributed by atoms with E-state index in [4.69, 9.17) is 5.11 Å². The molecule has 0 atom stereocenters. The number of aromatic carboxylic acids is 1. The lowest BCUT2D eigenvalue weighted by atomic mass is 10.1. The van der Waals surface area contributed by atoms with E-state index in [0.717, 1.165) is 24.0 Å². The molecule has 1 heterocycles. The van der Waals surface area contributed by atoms with Gasteiger partial charge in [0.2, 0.25) is 0 Å². The van der Waals surface area contributed by atoms with Gasteiger partial charge in [0.25, 0.3) is 0 Å². The van der Waals surface area contributed by atoms with Crippen molar-refractivity contribution in [1.82, 2.24) is 4.57 Å². The molecule has 0 aliphatic heterocycles. The molecule has 0 radical (unpaired) electrons. The summed E-state index contributed by atoms with van der Waals surface area (Å²) in [6.07, 6.45) is 3.91. The maximum Gasteiger partial charge on any atom is 0.337 e. The van der Waals surface area contributed by atoms with Gasteiger partial charge < -0.3 is 9.67 Å². The van der Waals surface area contributed by atoms with Crippen molar-refractivity contribution in [2.75, 3.05) is 0 Å². The van der Waals surface area contributed by atoms with E-state index in [2.05, 4.69) is 29.8 Å². The van der Waals surface area contributed by atoms with Crippen molar-refractivity contribution in [2.45, 2.75) is 33.2 Å². The predicted octanol–water partition coefficient (Wildman–Crippen LogP) is 3.39. The summed E-state index contributed by atoms with van der Waals surface area (Å²) >= 11 is 3.35. The SMILES string of the molecule is CC(C)CCCn1cc(C(=O)O)cc1Br. The van der Waals surface area contributed by atoms with Crippen molar-refractivity contribution < 1.29 is 9.90 Å². The largest absolute Gasteiger partial charge is 0.478 e. The van der Waals surface area contributed by atoms with Crippen molar-refractivity contribution in [1.29, 1.82) is 0 Å². The molecule has 0 saturated heterocycles. The van der Waals surface area contributed by atoms with Crippen LogP contribution in [0.2, 0.25) is 0 Å². The number of aryl methyl sites for hydroxylation is 1. The highest BCUT2D eigenvalue weighted by atomic mass is 79.9. The van der Waals surface area contributed by atoms with Crippen LogP contribution in [0.1, 0.15) is 37.0 Å². The summed E-state index contributed by atoms with van der Waals surface area (Å²) in [7, 11) is 0. The van der Waals surface area contributed by atoms with Crippen molar-refractivity contribution in [3.63, 3.8) is 0 Å². The van der Waals surface area contributed by atoms with Crippen LogP contribution in [-0.4, -0.2) is 15.6 Å². The average Bonchev–Trinajstić information content (AvgIpc) is 2.47. The molecule has 15 heavy (non-hydrogen) atoms. The van der Waals surface area contributed by atoms with Gasteiger partial charge in [0.05, 0.1) is 10.2 Å². The van der Waals surface area contributed by atoms with E-state index < -0.39 is 5.97 Å². The molecule has 0 aromatic carbocycles. The first-order valence-corrected chi connectivity index (χ1v) is 5.89. The Bertz CT molecular complexity index is 344. The quantitative estimate of drug-likeness (QED) is 0.894. The topological polar surface area (TPSA) is 42.2 Å². The molecule has 0 unspecified atom stereocenters. The number of hydrogen-bond donors (Lipinski definition) is 1. The number of carboxylic acids is 1. The maximum absolute atomic E-state index is 10.7. The van der Waals surface area contributed by atoms with Crippen LogP contribution < -0.4 is 0 Å². The van der Waals surface area contributed by atoms with E-state index in [1.807, 2.05) is 4.57 Å². The van der Waals surface area contributed by atoms with Gasteiger partial charge in [0.15, 0.2) is 0 Å². The molecule has 0 fully saturated rings. The molecular weight excluding hydrogens is 258 g/mol. The van der Waals surface area contributed by atoms with E-state index in [0.29, 0.717) is 11.5 Å².